The Hall–Kier alpha value is -0.560. The largest absolute Gasteiger partial charge is 0.383 e. The van der Waals surface area contributed by atoms with Crippen LogP contribution in [0.25, 0.3) is 0 Å². The Morgan fingerprint density at radius 1 is 1.11 bits per heavy atom. The number of nitrogens with two attached hydrogens (primary N) is 1. The normalized spacial score (nSPS) is 10.4. The van der Waals surface area contributed by atoms with Crippen LogP contribution in [0.15, 0.2) is 27.3 Å². The molecule has 0 aliphatic rings. The van der Waals surface area contributed by atoms with Gasteiger partial charge in [-0.25, -0.2) is 4.98 Å². The number of nitrogen functional groups attached to an aromatic ring is 1. The smallest absolute Gasteiger partial charge is 0.230 e. The minimum atomic E-state index is 0.335. The summed E-state index contributed by atoms with van der Waals surface area (Å²) >= 11 is 18.6. The molecule has 1 aromatic heterocycles. The number of nitrogens with one attached hydrogen (secondary N) is 1. The molecule has 0 aliphatic heterocycles. The van der Waals surface area contributed by atoms with Crippen molar-refractivity contribution in [3.8, 4) is 0 Å². The van der Waals surface area contributed by atoms with Gasteiger partial charge in [0.15, 0.2) is 0 Å². The zero-order valence-corrected chi connectivity index (χ0v) is 13.4. The van der Waals surface area contributed by atoms with Crippen molar-refractivity contribution in [1.29, 1.82) is 0 Å². The quantitative estimate of drug-likeness (QED) is 0.557. The highest BCUT2D eigenvalue weighted by molar-refractivity contribution is 9.10. The van der Waals surface area contributed by atoms with Crippen LogP contribution >= 0.6 is 55.1 Å². The van der Waals surface area contributed by atoms with Crippen LogP contribution in [0.1, 0.15) is 0 Å². The Morgan fingerprint density at radius 2 is 1.83 bits per heavy atom. The molecule has 0 saturated carbocycles. The van der Waals surface area contributed by atoms with Gasteiger partial charge >= 0.3 is 0 Å². The molecule has 1 heterocycles. The second kappa shape index (κ2) is 5.61. The molecule has 2 rings (SSSR count). The van der Waals surface area contributed by atoms with Crippen LogP contribution in [0.4, 0.5) is 17.5 Å². The number of anilines is 3. The number of halogens is 4. The van der Waals surface area contributed by atoms with E-state index in [0.717, 1.165) is 4.47 Å². The monoisotopic (exact) mass is 410 g/mol. The molecular formula is C10H6Br2Cl2N4. The van der Waals surface area contributed by atoms with Gasteiger partial charge in [-0.3, -0.25) is 0 Å². The van der Waals surface area contributed by atoms with Crippen molar-refractivity contribution in [2.45, 2.75) is 0 Å². The van der Waals surface area contributed by atoms with Gasteiger partial charge in [0.05, 0.1) is 15.7 Å². The molecule has 0 spiro atoms. The van der Waals surface area contributed by atoms with E-state index < -0.39 is 0 Å². The number of rotatable bonds is 2. The summed E-state index contributed by atoms with van der Waals surface area (Å²) in [5.74, 6) is 0.681. The summed E-state index contributed by atoms with van der Waals surface area (Å²) in [7, 11) is 0. The second-order valence-electron chi connectivity index (χ2n) is 3.29. The van der Waals surface area contributed by atoms with Crippen molar-refractivity contribution in [2.75, 3.05) is 11.1 Å². The van der Waals surface area contributed by atoms with E-state index in [1.165, 1.54) is 0 Å². The topological polar surface area (TPSA) is 63.8 Å². The summed E-state index contributed by atoms with van der Waals surface area (Å²) in [6, 6.07) is 5.14. The fraction of sp³-hybridized carbons (Fsp3) is 0. The van der Waals surface area contributed by atoms with Gasteiger partial charge in [0.2, 0.25) is 5.95 Å². The summed E-state index contributed by atoms with van der Waals surface area (Å²) in [5, 5.41) is 3.76. The van der Waals surface area contributed by atoms with Gasteiger partial charge in [0.25, 0.3) is 0 Å². The first-order chi connectivity index (χ1) is 8.47. The minimum Gasteiger partial charge on any atom is -0.383 e. The Labute approximate surface area is 130 Å². The highest BCUT2D eigenvalue weighted by Gasteiger charge is 2.10. The summed E-state index contributed by atoms with van der Waals surface area (Å²) in [4.78, 5) is 8.16. The lowest BCUT2D eigenvalue weighted by molar-refractivity contribution is 1.15. The van der Waals surface area contributed by atoms with Gasteiger partial charge in [-0.05, 0) is 44.0 Å². The fourth-order valence-corrected chi connectivity index (χ4v) is 2.46. The summed E-state index contributed by atoms with van der Waals surface area (Å²) in [6.07, 6.45) is 0. The van der Waals surface area contributed by atoms with Crippen LogP contribution in [-0.2, 0) is 0 Å². The Bertz CT molecular complexity index is 586. The first-order valence-electron chi connectivity index (χ1n) is 4.68. The molecule has 0 radical (unpaired) electrons. The molecule has 4 nitrogen and oxygen atoms in total. The number of nitrogens with zero attached hydrogens (tertiary/aromatic N) is 2. The molecule has 0 bridgehead atoms. The first-order valence-corrected chi connectivity index (χ1v) is 7.02. The van der Waals surface area contributed by atoms with E-state index in [9.17, 15) is 0 Å². The lowest BCUT2D eigenvalue weighted by Crippen LogP contribution is -2.01. The molecule has 8 heteroatoms. The average molecular weight is 413 g/mol. The number of hydrogen-bond acceptors (Lipinski definition) is 4. The van der Waals surface area contributed by atoms with Crippen LogP contribution in [0.5, 0.6) is 0 Å². The lowest BCUT2D eigenvalue weighted by Gasteiger charge is -2.09. The van der Waals surface area contributed by atoms with Crippen molar-refractivity contribution in [2.24, 2.45) is 0 Å². The van der Waals surface area contributed by atoms with Crippen molar-refractivity contribution in [1.82, 2.24) is 9.97 Å². The second-order valence-corrected chi connectivity index (χ2v) is 5.71. The molecule has 0 aliphatic carbocycles. The van der Waals surface area contributed by atoms with Crippen LogP contribution in [0, 0.1) is 0 Å². The van der Waals surface area contributed by atoms with Gasteiger partial charge < -0.3 is 11.1 Å². The van der Waals surface area contributed by atoms with E-state index >= 15 is 0 Å². The van der Waals surface area contributed by atoms with Gasteiger partial charge in [-0.1, -0.05) is 23.2 Å². The number of hydrogen-bond donors (Lipinski definition) is 2. The summed E-state index contributed by atoms with van der Waals surface area (Å²) in [6.45, 7) is 0. The molecule has 0 unspecified atom stereocenters. The predicted octanol–water partition coefficient (Wildman–Crippen LogP) is 4.63. The van der Waals surface area contributed by atoms with Gasteiger partial charge in [-0.15, -0.1) is 0 Å². The molecule has 1 aromatic carbocycles. The third-order valence-electron chi connectivity index (χ3n) is 2.00. The van der Waals surface area contributed by atoms with E-state index in [1.807, 2.05) is 0 Å². The minimum absolute atomic E-state index is 0.335. The van der Waals surface area contributed by atoms with Crippen LogP contribution < -0.4 is 11.1 Å². The van der Waals surface area contributed by atoms with E-state index in [4.69, 9.17) is 28.9 Å². The standard InChI is InChI=1S/C10H6Br2Cl2N4/c11-4-1-2-5(9(14)8(4)13)16-10-17-6(12)3-7(15)18-10/h1-3H,(H3,15,16,17,18). The van der Waals surface area contributed by atoms with Crippen LogP contribution in [-0.4, -0.2) is 9.97 Å². The third kappa shape index (κ3) is 3.06. The molecule has 0 atom stereocenters. The van der Waals surface area contributed by atoms with Crippen molar-refractivity contribution < 1.29 is 0 Å². The van der Waals surface area contributed by atoms with Crippen molar-refractivity contribution in [3.63, 3.8) is 0 Å². The maximum Gasteiger partial charge on any atom is 0.230 e. The highest BCUT2D eigenvalue weighted by Crippen LogP contribution is 2.36. The third-order valence-corrected chi connectivity index (χ3v) is 4.17. The maximum absolute atomic E-state index is 6.11. The predicted molar refractivity (Wildman–Crippen MR) is 81.6 cm³/mol. The molecule has 0 saturated heterocycles. The van der Waals surface area contributed by atoms with E-state index in [0.29, 0.717) is 32.1 Å². The maximum atomic E-state index is 6.11. The zero-order chi connectivity index (χ0) is 13.3. The lowest BCUT2D eigenvalue weighted by atomic mass is 10.3. The molecule has 0 fully saturated rings. The molecule has 94 valence electrons. The molecule has 3 N–H and O–H groups in total. The fourth-order valence-electron chi connectivity index (χ4n) is 1.23. The van der Waals surface area contributed by atoms with Crippen molar-refractivity contribution in [3.05, 3.63) is 37.3 Å². The molecule has 18 heavy (non-hydrogen) atoms. The SMILES string of the molecule is Nc1cc(Br)nc(Nc2ccc(Br)c(Cl)c2Cl)n1. The zero-order valence-electron chi connectivity index (χ0n) is 8.72. The van der Waals surface area contributed by atoms with E-state index in [-0.39, 0.29) is 0 Å². The molecule has 2 aromatic rings. The number of benzene rings is 1. The van der Waals surface area contributed by atoms with E-state index in [2.05, 4.69) is 47.1 Å². The van der Waals surface area contributed by atoms with Crippen molar-refractivity contribution >= 4 is 72.5 Å². The Kier molecular flexibility index (Phi) is 4.32. The highest BCUT2D eigenvalue weighted by atomic mass is 79.9. The Morgan fingerprint density at radius 3 is 2.50 bits per heavy atom. The Balaban J connectivity index is 2.37. The van der Waals surface area contributed by atoms with E-state index in [1.54, 1.807) is 18.2 Å². The number of aromatic nitrogens is 2. The summed E-state index contributed by atoms with van der Waals surface area (Å²) in [5.41, 5.74) is 6.22. The van der Waals surface area contributed by atoms with Gasteiger partial charge in [-0.2, -0.15) is 4.98 Å². The van der Waals surface area contributed by atoms with Gasteiger partial charge in [0, 0.05) is 10.5 Å². The van der Waals surface area contributed by atoms with Crippen LogP contribution in [0.2, 0.25) is 10.0 Å². The average Bonchev–Trinajstić information content (AvgIpc) is 2.29. The summed E-state index contributed by atoms with van der Waals surface area (Å²) < 4.78 is 1.30. The van der Waals surface area contributed by atoms with Crippen LogP contribution in [0.3, 0.4) is 0 Å². The molecule has 0 amide bonds. The van der Waals surface area contributed by atoms with Gasteiger partial charge in [0.1, 0.15) is 10.4 Å². The molecular weight excluding hydrogens is 407 g/mol. The first kappa shape index (κ1) is 13.9.